The molecule has 5 nitrogen and oxygen atoms in total. The maximum absolute atomic E-state index is 4.31. The number of aliphatic imine (C=N–C) groups is 1. The number of aryl methyl sites for hydroxylation is 1. The minimum absolute atomic E-state index is 0.587. The van der Waals surface area contributed by atoms with E-state index in [1.54, 1.807) is 0 Å². The van der Waals surface area contributed by atoms with Crippen molar-refractivity contribution in [1.29, 1.82) is 0 Å². The quantitative estimate of drug-likeness (QED) is 0.492. The summed E-state index contributed by atoms with van der Waals surface area (Å²) in [6, 6.07) is 2.54. The van der Waals surface area contributed by atoms with Gasteiger partial charge in [-0.2, -0.15) is 5.10 Å². The zero-order chi connectivity index (χ0) is 14.2. The summed E-state index contributed by atoms with van der Waals surface area (Å²) in [5.74, 6) is 1.82. The van der Waals surface area contributed by atoms with Crippen LogP contribution < -0.4 is 10.6 Å². The van der Waals surface area contributed by atoms with E-state index in [0.717, 1.165) is 31.4 Å². The Bertz CT molecular complexity index is 390. The summed E-state index contributed by atoms with van der Waals surface area (Å²) in [5.41, 5.74) is 0. The molecule has 1 aromatic rings. The highest BCUT2D eigenvalue weighted by Gasteiger charge is 2.18. The fraction of sp³-hybridized carbons (Fsp3) is 0.733. The lowest BCUT2D eigenvalue weighted by Gasteiger charge is -2.28. The van der Waals surface area contributed by atoms with E-state index in [9.17, 15) is 0 Å². The Morgan fingerprint density at radius 1 is 1.35 bits per heavy atom. The van der Waals surface area contributed by atoms with Crippen molar-refractivity contribution >= 4 is 5.96 Å². The van der Waals surface area contributed by atoms with Gasteiger partial charge in [0.15, 0.2) is 5.96 Å². The summed E-state index contributed by atoms with van der Waals surface area (Å²) >= 11 is 0. The predicted molar refractivity (Wildman–Crippen MR) is 82.8 cm³/mol. The Labute approximate surface area is 121 Å². The molecule has 0 atom stereocenters. The van der Waals surface area contributed by atoms with Crippen LogP contribution in [0, 0.1) is 5.92 Å². The first kappa shape index (κ1) is 14.9. The third-order valence-corrected chi connectivity index (χ3v) is 4.00. The summed E-state index contributed by atoms with van der Waals surface area (Å²) in [6.07, 6.45) is 10.0. The molecule has 1 heterocycles. The van der Waals surface area contributed by atoms with Crippen LogP contribution in [0.1, 0.15) is 39.0 Å². The highest BCUT2D eigenvalue weighted by atomic mass is 15.3. The summed E-state index contributed by atoms with van der Waals surface area (Å²) < 4.78 is 1.96. The Hall–Kier alpha value is -1.52. The molecule has 0 bridgehead atoms. The average molecular weight is 277 g/mol. The first-order chi connectivity index (χ1) is 9.78. The van der Waals surface area contributed by atoms with E-state index in [2.05, 4.69) is 27.6 Å². The smallest absolute Gasteiger partial charge is 0.191 e. The second kappa shape index (κ2) is 7.92. The largest absolute Gasteiger partial charge is 0.356 e. The standard InChI is InChI=1S/C15H27N5/c1-13-5-7-14(8-6-13)19-15(16-2)17-9-3-11-20-12-4-10-18-20/h4,10,12-14H,3,5-9,11H2,1-2H3,(H2,16,17,19). The van der Waals surface area contributed by atoms with Crippen molar-refractivity contribution in [3.8, 4) is 0 Å². The van der Waals surface area contributed by atoms with Gasteiger partial charge in [-0.1, -0.05) is 6.92 Å². The van der Waals surface area contributed by atoms with Crippen molar-refractivity contribution in [2.24, 2.45) is 10.9 Å². The van der Waals surface area contributed by atoms with Crippen LogP contribution in [0.5, 0.6) is 0 Å². The molecular weight excluding hydrogens is 250 g/mol. The molecule has 0 radical (unpaired) electrons. The number of rotatable bonds is 5. The van der Waals surface area contributed by atoms with Gasteiger partial charge in [0.05, 0.1) is 0 Å². The zero-order valence-electron chi connectivity index (χ0n) is 12.7. The fourth-order valence-corrected chi connectivity index (χ4v) is 2.67. The molecule has 0 amide bonds. The van der Waals surface area contributed by atoms with E-state index >= 15 is 0 Å². The average Bonchev–Trinajstić information content (AvgIpc) is 2.97. The second-order valence-electron chi connectivity index (χ2n) is 5.72. The van der Waals surface area contributed by atoms with Gasteiger partial charge in [0, 0.05) is 38.6 Å². The Morgan fingerprint density at radius 3 is 2.80 bits per heavy atom. The van der Waals surface area contributed by atoms with Gasteiger partial charge in [0.25, 0.3) is 0 Å². The third-order valence-electron chi connectivity index (χ3n) is 4.00. The normalized spacial score (nSPS) is 23.6. The lowest BCUT2D eigenvalue weighted by atomic mass is 9.87. The van der Waals surface area contributed by atoms with Gasteiger partial charge in [0.1, 0.15) is 0 Å². The van der Waals surface area contributed by atoms with Crippen molar-refractivity contribution in [3.05, 3.63) is 18.5 Å². The van der Waals surface area contributed by atoms with Crippen LogP contribution in [0.4, 0.5) is 0 Å². The van der Waals surface area contributed by atoms with Crippen molar-refractivity contribution in [2.45, 2.75) is 51.6 Å². The summed E-state index contributed by atoms with van der Waals surface area (Å²) in [5, 5.41) is 11.1. The molecule has 1 aliphatic rings. The van der Waals surface area contributed by atoms with Crippen molar-refractivity contribution in [2.75, 3.05) is 13.6 Å². The molecule has 0 spiro atoms. The molecule has 20 heavy (non-hydrogen) atoms. The molecule has 1 fully saturated rings. The van der Waals surface area contributed by atoms with Gasteiger partial charge in [-0.15, -0.1) is 0 Å². The number of aromatic nitrogens is 2. The second-order valence-corrected chi connectivity index (χ2v) is 5.72. The maximum atomic E-state index is 4.31. The molecule has 1 aliphatic carbocycles. The monoisotopic (exact) mass is 277 g/mol. The fourth-order valence-electron chi connectivity index (χ4n) is 2.67. The van der Waals surface area contributed by atoms with Crippen LogP contribution in [0.3, 0.4) is 0 Å². The van der Waals surface area contributed by atoms with Crippen molar-refractivity contribution in [3.63, 3.8) is 0 Å². The van der Waals surface area contributed by atoms with Crippen LogP contribution in [-0.4, -0.2) is 35.4 Å². The topological polar surface area (TPSA) is 54.2 Å². The van der Waals surface area contributed by atoms with E-state index < -0.39 is 0 Å². The van der Waals surface area contributed by atoms with Gasteiger partial charge >= 0.3 is 0 Å². The van der Waals surface area contributed by atoms with Crippen LogP contribution in [0.2, 0.25) is 0 Å². The van der Waals surface area contributed by atoms with Crippen LogP contribution in [0.25, 0.3) is 0 Å². The highest BCUT2D eigenvalue weighted by molar-refractivity contribution is 5.79. The number of hydrogen-bond acceptors (Lipinski definition) is 2. The van der Waals surface area contributed by atoms with E-state index in [1.807, 2.05) is 30.2 Å². The molecule has 0 unspecified atom stereocenters. The van der Waals surface area contributed by atoms with Crippen LogP contribution in [-0.2, 0) is 6.54 Å². The molecule has 0 aliphatic heterocycles. The van der Waals surface area contributed by atoms with Gasteiger partial charge in [-0.25, -0.2) is 0 Å². The number of hydrogen-bond donors (Lipinski definition) is 2. The Morgan fingerprint density at radius 2 is 2.15 bits per heavy atom. The van der Waals surface area contributed by atoms with Gasteiger partial charge in [-0.3, -0.25) is 9.67 Å². The van der Waals surface area contributed by atoms with E-state index in [0.29, 0.717) is 6.04 Å². The first-order valence-electron chi connectivity index (χ1n) is 7.72. The number of nitrogens with zero attached hydrogens (tertiary/aromatic N) is 3. The highest BCUT2D eigenvalue weighted by Crippen LogP contribution is 2.23. The van der Waals surface area contributed by atoms with E-state index in [-0.39, 0.29) is 0 Å². The van der Waals surface area contributed by atoms with Gasteiger partial charge < -0.3 is 10.6 Å². The summed E-state index contributed by atoms with van der Waals surface area (Å²) in [6.45, 7) is 4.21. The van der Waals surface area contributed by atoms with E-state index in [4.69, 9.17) is 0 Å². The summed E-state index contributed by atoms with van der Waals surface area (Å²) in [7, 11) is 1.84. The molecule has 1 aromatic heterocycles. The van der Waals surface area contributed by atoms with Crippen molar-refractivity contribution in [1.82, 2.24) is 20.4 Å². The molecule has 5 heteroatoms. The molecule has 2 N–H and O–H groups in total. The Balaban J connectivity index is 1.62. The third kappa shape index (κ3) is 4.87. The lowest BCUT2D eigenvalue weighted by Crippen LogP contribution is -2.45. The minimum atomic E-state index is 0.587. The molecule has 1 saturated carbocycles. The number of guanidine groups is 1. The minimum Gasteiger partial charge on any atom is -0.356 e. The number of nitrogens with one attached hydrogen (secondary N) is 2. The molecular formula is C15H27N5. The maximum Gasteiger partial charge on any atom is 0.191 e. The summed E-state index contributed by atoms with van der Waals surface area (Å²) in [4.78, 5) is 4.31. The molecule has 0 saturated heterocycles. The first-order valence-corrected chi connectivity index (χ1v) is 7.72. The van der Waals surface area contributed by atoms with Gasteiger partial charge in [-0.05, 0) is 44.1 Å². The Kier molecular flexibility index (Phi) is 5.89. The van der Waals surface area contributed by atoms with Gasteiger partial charge in [0.2, 0.25) is 0 Å². The lowest BCUT2D eigenvalue weighted by molar-refractivity contribution is 0.329. The molecule has 2 rings (SSSR count). The van der Waals surface area contributed by atoms with E-state index in [1.165, 1.54) is 25.7 Å². The molecule has 0 aromatic carbocycles. The van der Waals surface area contributed by atoms with Crippen LogP contribution in [0.15, 0.2) is 23.5 Å². The SMILES string of the molecule is CN=C(NCCCn1cccn1)NC1CCC(C)CC1. The predicted octanol–water partition coefficient (Wildman–Crippen LogP) is 2.02. The van der Waals surface area contributed by atoms with Crippen molar-refractivity contribution < 1.29 is 0 Å². The molecule has 112 valence electrons. The van der Waals surface area contributed by atoms with Crippen LogP contribution >= 0.6 is 0 Å². The zero-order valence-corrected chi connectivity index (χ0v) is 12.7.